The molecule has 0 spiro atoms. The number of benzene rings is 3. The second-order valence-electron chi connectivity index (χ2n) is 8.80. The molecule has 1 aromatic heterocycles. The SMILES string of the molecule is Cn1/c(=N/c2ccc(OC3CCCC3)cc2)n(Cc2ccc(CO)cc2)c2cc(Cl)c(Cl)cc21. The molecule has 34 heavy (non-hydrogen) atoms. The number of fused-ring (bicyclic) bond motifs is 1. The third-order valence-corrected chi connectivity index (χ3v) is 7.15. The zero-order valence-electron chi connectivity index (χ0n) is 19.0. The molecule has 1 aliphatic rings. The van der Waals surface area contributed by atoms with Crippen LogP contribution in [-0.4, -0.2) is 20.3 Å². The number of hydrogen-bond donors (Lipinski definition) is 1. The van der Waals surface area contributed by atoms with Crippen molar-refractivity contribution in [1.29, 1.82) is 0 Å². The third-order valence-electron chi connectivity index (χ3n) is 6.43. The van der Waals surface area contributed by atoms with E-state index in [0.29, 0.717) is 22.7 Å². The first kappa shape index (κ1) is 23.0. The largest absolute Gasteiger partial charge is 0.490 e. The molecule has 176 valence electrons. The molecule has 1 fully saturated rings. The van der Waals surface area contributed by atoms with Gasteiger partial charge in [-0.1, -0.05) is 47.5 Å². The predicted octanol–water partition coefficient (Wildman–Crippen LogP) is 6.38. The Morgan fingerprint density at radius 3 is 2.18 bits per heavy atom. The summed E-state index contributed by atoms with van der Waals surface area (Å²) in [7, 11) is 1.98. The van der Waals surface area contributed by atoms with Crippen molar-refractivity contribution in [2.45, 2.75) is 44.9 Å². The summed E-state index contributed by atoms with van der Waals surface area (Å²) < 4.78 is 10.3. The van der Waals surface area contributed by atoms with E-state index in [2.05, 4.69) is 4.57 Å². The van der Waals surface area contributed by atoms with Crippen LogP contribution in [0.3, 0.4) is 0 Å². The topological polar surface area (TPSA) is 51.7 Å². The van der Waals surface area contributed by atoms with Crippen molar-refractivity contribution in [2.75, 3.05) is 0 Å². The van der Waals surface area contributed by atoms with Gasteiger partial charge in [0.15, 0.2) is 0 Å². The molecule has 0 radical (unpaired) electrons. The van der Waals surface area contributed by atoms with Gasteiger partial charge in [-0.25, -0.2) is 4.99 Å². The van der Waals surface area contributed by atoms with Crippen molar-refractivity contribution in [3.8, 4) is 5.75 Å². The summed E-state index contributed by atoms with van der Waals surface area (Å²) in [6, 6.07) is 19.6. The maximum absolute atomic E-state index is 9.37. The maximum atomic E-state index is 9.37. The van der Waals surface area contributed by atoms with Gasteiger partial charge in [0.05, 0.1) is 46.0 Å². The lowest BCUT2D eigenvalue weighted by Crippen LogP contribution is -2.24. The van der Waals surface area contributed by atoms with Crippen LogP contribution in [0, 0.1) is 0 Å². The zero-order chi connectivity index (χ0) is 23.7. The Balaban J connectivity index is 1.56. The van der Waals surface area contributed by atoms with Crippen LogP contribution >= 0.6 is 23.2 Å². The molecular formula is C27H27Cl2N3O2. The van der Waals surface area contributed by atoms with Gasteiger partial charge < -0.3 is 19.0 Å². The average Bonchev–Trinajstić information content (AvgIpc) is 3.44. The number of halogens is 2. The molecule has 0 amide bonds. The van der Waals surface area contributed by atoms with Crippen molar-refractivity contribution in [3.05, 3.63) is 87.5 Å². The van der Waals surface area contributed by atoms with Gasteiger partial charge in [-0.3, -0.25) is 0 Å². The van der Waals surface area contributed by atoms with Gasteiger partial charge in [-0.15, -0.1) is 0 Å². The van der Waals surface area contributed by atoms with Crippen LogP contribution in [0.25, 0.3) is 11.0 Å². The van der Waals surface area contributed by atoms with E-state index in [-0.39, 0.29) is 6.61 Å². The molecule has 0 saturated heterocycles. The summed E-state index contributed by atoms with van der Waals surface area (Å²) in [6.07, 6.45) is 5.08. The summed E-state index contributed by atoms with van der Waals surface area (Å²) >= 11 is 12.7. The molecule has 1 N–H and O–H groups in total. The first-order valence-corrected chi connectivity index (χ1v) is 12.3. The minimum atomic E-state index is 0.0246. The van der Waals surface area contributed by atoms with Crippen LogP contribution in [0.4, 0.5) is 5.69 Å². The number of rotatable bonds is 6. The van der Waals surface area contributed by atoms with Crippen LogP contribution in [0.15, 0.2) is 65.7 Å². The highest BCUT2D eigenvalue weighted by Gasteiger charge is 2.16. The molecule has 1 aliphatic carbocycles. The first-order valence-electron chi connectivity index (χ1n) is 11.6. The lowest BCUT2D eigenvalue weighted by atomic mass is 10.1. The average molecular weight is 496 g/mol. The molecule has 4 aromatic rings. The van der Waals surface area contributed by atoms with Gasteiger partial charge in [0.1, 0.15) is 5.75 Å². The number of nitrogens with zero attached hydrogens (tertiary/aromatic N) is 3. The lowest BCUT2D eigenvalue weighted by molar-refractivity contribution is 0.210. The normalized spacial score (nSPS) is 14.9. The summed E-state index contributed by atoms with van der Waals surface area (Å²) in [4.78, 5) is 4.98. The van der Waals surface area contributed by atoms with Gasteiger partial charge in [-0.2, -0.15) is 0 Å². The molecule has 5 rings (SSSR count). The Hall–Kier alpha value is -2.73. The van der Waals surface area contributed by atoms with Crippen molar-refractivity contribution < 1.29 is 9.84 Å². The van der Waals surface area contributed by atoms with Crippen LogP contribution < -0.4 is 10.4 Å². The molecule has 0 atom stereocenters. The molecule has 3 aromatic carbocycles. The Morgan fingerprint density at radius 2 is 1.53 bits per heavy atom. The fraction of sp³-hybridized carbons (Fsp3) is 0.296. The van der Waals surface area contributed by atoms with Crippen molar-refractivity contribution >= 4 is 39.9 Å². The van der Waals surface area contributed by atoms with E-state index in [1.807, 2.05) is 72.3 Å². The van der Waals surface area contributed by atoms with Crippen LogP contribution in [0.1, 0.15) is 36.8 Å². The van der Waals surface area contributed by atoms with Crippen molar-refractivity contribution in [1.82, 2.24) is 9.13 Å². The monoisotopic (exact) mass is 495 g/mol. The van der Waals surface area contributed by atoms with E-state index in [4.69, 9.17) is 32.9 Å². The molecule has 0 aliphatic heterocycles. The Bertz CT molecular complexity index is 1370. The maximum Gasteiger partial charge on any atom is 0.211 e. The molecule has 7 heteroatoms. The lowest BCUT2D eigenvalue weighted by Gasteiger charge is -2.12. The summed E-state index contributed by atoms with van der Waals surface area (Å²) in [6.45, 7) is 0.625. The van der Waals surface area contributed by atoms with Gasteiger partial charge in [0.2, 0.25) is 5.62 Å². The standard InChI is InChI=1S/C27H27Cl2N3O2/c1-31-25-14-23(28)24(29)15-26(25)32(16-18-6-8-19(17-33)9-7-18)27(31)30-20-10-12-22(13-11-20)34-21-4-2-3-5-21/h6-15,21,33H,2-5,16-17H2,1H3/b30-27-. The molecular weight excluding hydrogens is 469 g/mol. The predicted molar refractivity (Wildman–Crippen MR) is 137 cm³/mol. The second kappa shape index (κ2) is 9.87. The fourth-order valence-electron chi connectivity index (χ4n) is 4.54. The van der Waals surface area contributed by atoms with E-state index >= 15 is 0 Å². The van der Waals surface area contributed by atoms with E-state index in [1.165, 1.54) is 12.8 Å². The quantitative estimate of drug-likeness (QED) is 0.337. The number of aliphatic hydroxyl groups is 1. The second-order valence-corrected chi connectivity index (χ2v) is 9.62. The first-order chi connectivity index (χ1) is 16.5. The smallest absolute Gasteiger partial charge is 0.211 e. The molecule has 5 nitrogen and oxygen atoms in total. The molecule has 1 heterocycles. The number of ether oxygens (including phenoxy) is 1. The van der Waals surface area contributed by atoms with Crippen molar-refractivity contribution in [2.24, 2.45) is 12.0 Å². The van der Waals surface area contributed by atoms with Crippen LogP contribution in [0.2, 0.25) is 10.0 Å². The molecule has 0 unspecified atom stereocenters. The fourth-order valence-corrected chi connectivity index (χ4v) is 4.86. The van der Waals surface area contributed by atoms with Gasteiger partial charge in [-0.05, 0) is 73.2 Å². The number of hydrogen-bond acceptors (Lipinski definition) is 3. The molecule has 0 bridgehead atoms. The minimum absolute atomic E-state index is 0.0246. The zero-order valence-corrected chi connectivity index (χ0v) is 20.6. The van der Waals surface area contributed by atoms with Crippen LogP contribution in [0.5, 0.6) is 5.75 Å². The van der Waals surface area contributed by atoms with E-state index in [0.717, 1.165) is 52.1 Å². The van der Waals surface area contributed by atoms with Crippen molar-refractivity contribution in [3.63, 3.8) is 0 Å². The minimum Gasteiger partial charge on any atom is -0.490 e. The number of aromatic nitrogens is 2. The van der Waals surface area contributed by atoms with Gasteiger partial charge in [0, 0.05) is 7.05 Å². The highest BCUT2D eigenvalue weighted by atomic mass is 35.5. The highest BCUT2D eigenvalue weighted by molar-refractivity contribution is 6.42. The van der Waals surface area contributed by atoms with E-state index in [1.54, 1.807) is 0 Å². The highest BCUT2D eigenvalue weighted by Crippen LogP contribution is 2.29. The van der Waals surface area contributed by atoms with E-state index < -0.39 is 0 Å². The van der Waals surface area contributed by atoms with Crippen LogP contribution in [-0.2, 0) is 20.2 Å². The van der Waals surface area contributed by atoms with E-state index in [9.17, 15) is 5.11 Å². The third kappa shape index (κ3) is 4.74. The van der Waals surface area contributed by atoms with Gasteiger partial charge >= 0.3 is 0 Å². The summed E-state index contributed by atoms with van der Waals surface area (Å²) in [5, 5.41) is 10.4. The Labute approximate surface area is 208 Å². The number of aliphatic hydroxyl groups excluding tert-OH is 1. The number of aryl methyl sites for hydroxylation is 1. The Kier molecular flexibility index (Phi) is 6.68. The summed E-state index contributed by atoms with van der Waals surface area (Å²) in [5.41, 5.74) is 5.49. The summed E-state index contributed by atoms with van der Waals surface area (Å²) in [5.74, 6) is 0.887. The Morgan fingerprint density at radius 1 is 0.912 bits per heavy atom. The van der Waals surface area contributed by atoms with Gasteiger partial charge in [0.25, 0.3) is 0 Å². The number of imidazole rings is 1. The molecule has 1 saturated carbocycles.